The van der Waals surface area contributed by atoms with Crippen molar-refractivity contribution < 1.29 is 13.2 Å². The van der Waals surface area contributed by atoms with Crippen LogP contribution in [0.1, 0.15) is 23.0 Å². The van der Waals surface area contributed by atoms with Gasteiger partial charge in [-0.05, 0) is 25.1 Å². The van der Waals surface area contributed by atoms with Gasteiger partial charge >= 0.3 is 6.18 Å². The number of fused-ring (bicyclic) bond motifs is 3. The van der Waals surface area contributed by atoms with E-state index in [1.54, 1.807) is 10.7 Å². The molecule has 0 saturated heterocycles. The van der Waals surface area contributed by atoms with E-state index >= 15 is 0 Å². The van der Waals surface area contributed by atoms with Crippen molar-refractivity contribution in [1.29, 1.82) is 0 Å². The van der Waals surface area contributed by atoms with E-state index in [1.165, 1.54) is 12.1 Å². The Bertz CT molecular complexity index is 912. The lowest BCUT2D eigenvalue weighted by atomic mass is 10.0. The number of aromatic nitrogens is 2. The molecule has 6 heteroatoms. The van der Waals surface area contributed by atoms with E-state index in [-0.39, 0.29) is 5.56 Å². The van der Waals surface area contributed by atoms with Gasteiger partial charge in [0.05, 0.1) is 17.0 Å². The minimum Gasteiger partial charge on any atom is -0.359 e. The molecule has 1 atom stereocenters. The highest BCUT2D eigenvalue weighted by atomic mass is 19.4. The maximum atomic E-state index is 13.4. The van der Waals surface area contributed by atoms with E-state index in [0.29, 0.717) is 0 Å². The van der Waals surface area contributed by atoms with Gasteiger partial charge in [-0.1, -0.05) is 36.4 Å². The topological polar surface area (TPSA) is 29.9 Å². The molecule has 4 rings (SSSR count). The molecule has 2 heterocycles. The maximum Gasteiger partial charge on any atom is 0.416 e. The van der Waals surface area contributed by atoms with Crippen LogP contribution in [-0.2, 0) is 6.18 Å². The number of para-hydroxylation sites is 1. The van der Waals surface area contributed by atoms with Gasteiger partial charge in [0.15, 0.2) is 0 Å². The van der Waals surface area contributed by atoms with Crippen LogP contribution in [0, 0.1) is 6.92 Å². The van der Waals surface area contributed by atoms with Gasteiger partial charge in [0.1, 0.15) is 6.17 Å². The van der Waals surface area contributed by atoms with Gasteiger partial charge < -0.3 is 5.32 Å². The lowest BCUT2D eigenvalue weighted by molar-refractivity contribution is -0.138. The zero-order valence-electron chi connectivity index (χ0n) is 12.8. The average molecular weight is 329 g/mol. The number of halogens is 3. The smallest absolute Gasteiger partial charge is 0.359 e. The highest BCUT2D eigenvalue weighted by Crippen LogP contribution is 2.41. The van der Waals surface area contributed by atoms with Crippen LogP contribution in [0.3, 0.4) is 0 Å². The molecular weight excluding hydrogens is 315 g/mol. The Morgan fingerprint density at radius 3 is 2.54 bits per heavy atom. The monoisotopic (exact) mass is 329 g/mol. The summed E-state index contributed by atoms with van der Waals surface area (Å²) in [7, 11) is 0. The second-order valence-electron chi connectivity index (χ2n) is 5.79. The molecule has 3 aromatic rings. The lowest BCUT2D eigenvalue weighted by Crippen LogP contribution is -2.28. The molecule has 0 amide bonds. The molecule has 0 unspecified atom stereocenters. The van der Waals surface area contributed by atoms with Gasteiger partial charge in [-0.3, -0.25) is 0 Å². The van der Waals surface area contributed by atoms with Crippen molar-refractivity contribution in [1.82, 2.24) is 9.78 Å². The first-order valence-corrected chi connectivity index (χ1v) is 7.53. The van der Waals surface area contributed by atoms with E-state index < -0.39 is 17.9 Å². The first-order valence-electron chi connectivity index (χ1n) is 7.53. The highest BCUT2D eigenvalue weighted by molar-refractivity contribution is 5.78. The second kappa shape index (κ2) is 5.12. The molecule has 1 N–H and O–H groups in total. The van der Waals surface area contributed by atoms with Crippen molar-refractivity contribution in [3.63, 3.8) is 0 Å². The fourth-order valence-corrected chi connectivity index (χ4v) is 3.16. The zero-order chi connectivity index (χ0) is 16.9. The average Bonchev–Trinajstić information content (AvgIpc) is 2.95. The first-order chi connectivity index (χ1) is 11.4. The quantitative estimate of drug-likeness (QED) is 0.692. The van der Waals surface area contributed by atoms with Crippen LogP contribution in [0.4, 0.5) is 18.9 Å². The summed E-state index contributed by atoms with van der Waals surface area (Å²) < 4.78 is 41.9. The standard InChI is InChI=1S/C18H14F3N3/c1-11-10-16-13-7-3-5-9-15(13)22-17(24(16)23-11)12-6-2-4-8-14(12)18(19,20)21/h2-10,17,22H,1H3/t17-/m0/s1. The van der Waals surface area contributed by atoms with Crippen LogP contribution >= 0.6 is 0 Å². The Labute approximate surface area is 136 Å². The SMILES string of the molecule is Cc1cc2n(n1)[C@@H](c1ccccc1C(F)(F)F)Nc1ccccc1-2. The third-order valence-electron chi connectivity index (χ3n) is 4.16. The summed E-state index contributed by atoms with van der Waals surface area (Å²) in [4.78, 5) is 0. The van der Waals surface area contributed by atoms with Gasteiger partial charge in [0, 0.05) is 16.8 Å². The molecule has 122 valence electrons. The number of hydrogen-bond donors (Lipinski definition) is 1. The third kappa shape index (κ3) is 2.26. The summed E-state index contributed by atoms with van der Waals surface area (Å²) in [5, 5.41) is 7.61. The van der Waals surface area contributed by atoms with Crippen molar-refractivity contribution >= 4 is 5.69 Å². The van der Waals surface area contributed by atoms with Gasteiger partial charge in [0.2, 0.25) is 0 Å². The molecular formula is C18H14F3N3. The van der Waals surface area contributed by atoms with Crippen LogP contribution in [0.15, 0.2) is 54.6 Å². The number of hydrogen-bond acceptors (Lipinski definition) is 2. The highest BCUT2D eigenvalue weighted by Gasteiger charge is 2.37. The molecule has 0 saturated carbocycles. The number of rotatable bonds is 1. The Hall–Kier alpha value is -2.76. The Morgan fingerprint density at radius 1 is 1.04 bits per heavy atom. The van der Waals surface area contributed by atoms with Crippen molar-refractivity contribution in [2.45, 2.75) is 19.3 Å². The van der Waals surface area contributed by atoms with E-state index in [4.69, 9.17) is 0 Å². The Morgan fingerprint density at radius 2 is 1.75 bits per heavy atom. The summed E-state index contributed by atoms with van der Waals surface area (Å²) in [6, 6.07) is 15.1. The number of aryl methyl sites for hydroxylation is 1. The Kier molecular flexibility index (Phi) is 3.16. The first kappa shape index (κ1) is 14.8. The minimum atomic E-state index is -4.42. The van der Waals surface area contributed by atoms with Gasteiger partial charge in [-0.15, -0.1) is 0 Å². The number of alkyl halides is 3. The lowest BCUT2D eigenvalue weighted by Gasteiger charge is -2.30. The summed E-state index contributed by atoms with van der Waals surface area (Å²) in [5.41, 5.74) is 2.80. The summed E-state index contributed by atoms with van der Waals surface area (Å²) in [6.45, 7) is 1.83. The third-order valence-corrected chi connectivity index (χ3v) is 4.16. The van der Waals surface area contributed by atoms with Crippen LogP contribution in [-0.4, -0.2) is 9.78 Å². The Balaban J connectivity index is 1.93. The van der Waals surface area contributed by atoms with Crippen LogP contribution < -0.4 is 5.32 Å². The fourth-order valence-electron chi connectivity index (χ4n) is 3.16. The van der Waals surface area contributed by atoms with Gasteiger partial charge in [-0.25, -0.2) is 4.68 Å². The molecule has 1 aromatic heterocycles. The molecule has 24 heavy (non-hydrogen) atoms. The predicted octanol–water partition coefficient (Wildman–Crippen LogP) is 4.85. The van der Waals surface area contributed by atoms with E-state index in [2.05, 4.69) is 10.4 Å². The summed E-state index contributed by atoms with van der Waals surface area (Å²) >= 11 is 0. The van der Waals surface area contributed by atoms with Crippen molar-refractivity contribution in [2.24, 2.45) is 0 Å². The molecule has 1 aliphatic rings. The molecule has 0 radical (unpaired) electrons. The normalized spacial score (nSPS) is 16.2. The molecule has 0 fully saturated rings. The molecule has 0 bridgehead atoms. The fraction of sp³-hybridized carbons (Fsp3) is 0.167. The molecule has 2 aromatic carbocycles. The van der Waals surface area contributed by atoms with Crippen LogP contribution in [0.2, 0.25) is 0 Å². The van der Waals surface area contributed by atoms with Crippen LogP contribution in [0.5, 0.6) is 0 Å². The number of benzene rings is 2. The molecule has 1 aliphatic heterocycles. The van der Waals surface area contributed by atoms with Gasteiger partial charge in [0.25, 0.3) is 0 Å². The van der Waals surface area contributed by atoms with Crippen molar-refractivity contribution in [2.75, 3.05) is 5.32 Å². The minimum absolute atomic E-state index is 0.156. The van der Waals surface area contributed by atoms with Crippen molar-refractivity contribution in [3.05, 3.63) is 71.4 Å². The van der Waals surface area contributed by atoms with Crippen molar-refractivity contribution in [3.8, 4) is 11.3 Å². The molecule has 0 spiro atoms. The maximum absolute atomic E-state index is 13.4. The number of anilines is 1. The summed E-state index contributed by atoms with van der Waals surface area (Å²) in [5.74, 6) is 0. The van der Waals surface area contributed by atoms with Gasteiger partial charge in [-0.2, -0.15) is 18.3 Å². The predicted molar refractivity (Wildman–Crippen MR) is 85.6 cm³/mol. The van der Waals surface area contributed by atoms with E-state index in [1.807, 2.05) is 37.3 Å². The molecule has 0 aliphatic carbocycles. The summed E-state index contributed by atoms with van der Waals surface area (Å²) in [6.07, 6.45) is -5.13. The van der Waals surface area contributed by atoms with E-state index in [9.17, 15) is 13.2 Å². The number of nitrogens with zero attached hydrogens (tertiary/aromatic N) is 2. The number of nitrogens with one attached hydrogen (secondary N) is 1. The largest absolute Gasteiger partial charge is 0.416 e. The van der Waals surface area contributed by atoms with Crippen LogP contribution in [0.25, 0.3) is 11.3 Å². The van der Waals surface area contributed by atoms with E-state index in [0.717, 1.165) is 28.7 Å². The zero-order valence-corrected chi connectivity index (χ0v) is 12.8. The second-order valence-corrected chi connectivity index (χ2v) is 5.79. The molecule has 3 nitrogen and oxygen atoms in total.